The van der Waals surface area contributed by atoms with Crippen molar-refractivity contribution in [2.24, 2.45) is 0 Å². The maximum absolute atomic E-state index is 2.52. The van der Waals surface area contributed by atoms with E-state index in [0.29, 0.717) is 5.92 Å². The zero-order chi connectivity index (χ0) is 26.9. The van der Waals surface area contributed by atoms with E-state index in [-0.39, 0.29) is 0 Å². The van der Waals surface area contributed by atoms with Crippen LogP contribution in [0.25, 0.3) is 70.2 Å². The predicted octanol–water partition coefficient (Wildman–Crippen LogP) is 11.6. The molecule has 1 unspecified atom stereocenters. The van der Waals surface area contributed by atoms with Crippen molar-refractivity contribution in [3.05, 3.63) is 151 Å². The van der Waals surface area contributed by atoms with Crippen LogP contribution in [0, 0.1) is 0 Å². The molecule has 0 aromatic heterocycles. The van der Waals surface area contributed by atoms with Gasteiger partial charge in [0.2, 0.25) is 0 Å². The van der Waals surface area contributed by atoms with Crippen LogP contribution in [0.2, 0.25) is 0 Å². The Hall–Kier alpha value is -4.94. The Bertz CT molecular complexity index is 2280. The quantitative estimate of drug-likeness (QED) is 0.199. The van der Waals surface area contributed by atoms with Gasteiger partial charge in [0.15, 0.2) is 0 Å². The minimum Gasteiger partial charge on any atom is -0.0800 e. The molecule has 0 nitrogen and oxygen atoms in total. The summed E-state index contributed by atoms with van der Waals surface area (Å²) in [6.07, 6.45) is 4.76. The van der Waals surface area contributed by atoms with Crippen LogP contribution in [-0.4, -0.2) is 0 Å². The van der Waals surface area contributed by atoms with Crippen LogP contribution < -0.4 is 0 Å². The Morgan fingerprint density at radius 2 is 0.756 bits per heavy atom. The number of allylic oxidation sites excluding steroid dienone is 2. The summed E-state index contributed by atoms with van der Waals surface area (Å²) in [5, 5.41) is 16.2. The van der Waals surface area contributed by atoms with Crippen LogP contribution in [0.15, 0.2) is 140 Å². The van der Waals surface area contributed by atoms with Gasteiger partial charge >= 0.3 is 0 Å². The molecule has 8 aromatic carbocycles. The van der Waals surface area contributed by atoms with Crippen molar-refractivity contribution < 1.29 is 0 Å². The lowest BCUT2D eigenvalue weighted by Crippen LogP contribution is -2.01. The van der Waals surface area contributed by atoms with Crippen molar-refractivity contribution in [3.63, 3.8) is 0 Å². The van der Waals surface area contributed by atoms with Gasteiger partial charge in [0, 0.05) is 5.92 Å². The van der Waals surface area contributed by atoms with Crippen LogP contribution in [-0.2, 0) is 0 Å². The molecule has 0 spiro atoms. The Kier molecular flexibility index (Phi) is 4.89. The molecule has 0 bridgehead atoms. The first-order valence-electron chi connectivity index (χ1n) is 14.7. The maximum Gasteiger partial charge on any atom is 0.0102 e. The molecular weight excluding hydrogens is 492 g/mol. The van der Waals surface area contributed by atoms with E-state index >= 15 is 0 Å². The summed E-state index contributed by atoms with van der Waals surface area (Å²) < 4.78 is 0. The summed E-state index contributed by atoms with van der Waals surface area (Å²) >= 11 is 0. The summed E-state index contributed by atoms with van der Waals surface area (Å²) in [6.45, 7) is 0. The lowest BCUT2D eigenvalue weighted by Gasteiger charge is -2.22. The van der Waals surface area contributed by atoms with E-state index in [1.165, 1.54) is 81.3 Å². The van der Waals surface area contributed by atoms with Gasteiger partial charge in [-0.2, -0.15) is 0 Å². The van der Waals surface area contributed by atoms with Gasteiger partial charge in [0.25, 0.3) is 0 Å². The largest absolute Gasteiger partial charge is 0.0800 e. The molecule has 1 aliphatic rings. The minimum atomic E-state index is 0.346. The van der Waals surface area contributed by atoms with Crippen molar-refractivity contribution in [1.29, 1.82) is 0 Å². The highest BCUT2D eigenvalue weighted by Crippen LogP contribution is 2.49. The molecule has 1 atom stereocenters. The smallest absolute Gasteiger partial charge is 0.0102 e. The summed E-state index contributed by atoms with van der Waals surface area (Å²) in [6, 6.07) is 49.7. The summed E-state index contributed by atoms with van der Waals surface area (Å²) in [4.78, 5) is 0. The van der Waals surface area contributed by atoms with Crippen molar-refractivity contribution in [1.82, 2.24) is 0 Å². The molecule has 192 valence electrons. The Labute approximate surface area is 239 Å². The first-order chi connectivity index (χ1) is 20.4. The monoisotopic (exact) mass is 520 g/mol. The van der Waals surface area contributed by atoms with Gasteiger partial charge in [-0.15, -0.1) is 0 Å². The van der Waals surface area contributed by atoms with Gasteiger partial charge in [0.1, 0.15) is 0 Å². The van der Waals surface area contributed by atoms with E-state index in [1.54, 1.807) is 0 Å². The molecular formula is C41H28. The van der Waals surface area contributed by atoms with E-state index < -0.39 is 0 Å². The van der Waals surface area contributed by atoms with Gasteiger partial charge < -0.3 is 0 Å². The van der Waals surface area contributed by atoms with E-state index in [0.717, 1.165) is 12.8 Å². The Balaban J connectivity index is 1.36. The van der Waals surface area contributed by atoms with Crippen LogP contribution in [0.4, 0.5) is 0 Å². The number of hydrogen-bond donors (Lipinski definition) is 0. The molecule has 1 aliphatic carbocycles. The van der Waals surface area contributed by atoms with E-state index in [4.69, 9.17) is 0 Å². The molecule has 41 heavy (non-hydrogen) atoms. The summed E-state index contributed by atoms with van der Waals surface area (Å²) in [5.74, 6) is 0.346. The second-order valence-electron chi connectivity index (χ2n) is 11.5. The molecule has 0 fully saturated rings. The van der Waals surface area contributed by atoms with Gasteiger partial charge in [-0.25, -0.2) is 0 Å². The molecule has 0 amide bonds. The SMILES string of the molecule is C1=C(c2cccc3c4ccccc4c4ccccc4c23)C(c2cccc3c4ccccc4c4ccccc4c23)CC1. The zero-order valence-electron chi connectivity index (χ0n) is 22.8. The zero-order valence-corrected chi connectivity index (χ0v) is 22.8. The highest BCUT2D eigenvalue weighted by molar-refractivity contribution is 6.28. The minimum absolute atomic E-state index is 0.346. The van der Waals surface area contributed by atoms with Crippen LogP contribution in [0.5, 0.6) is 0 Å². The van der Waals surface area contributed by atoms with Crippen LogP contribution in [0.1, 0.15) is 29.9 Å². The highest BCUT2D eigenvalue weighted by Gasteiger charge is 2.27. The van der Waals surface area contributed by atoms with Gasteiger partial charge in [0.05, 0.1) is 0 Å². The summed E-state index contributed by atoms with van der Waals surface area (Å²) in [7, 11) is 0. The summed E-state index contributed by atoms with van der Waals surface area (Å²) in [5.41, 5.74) is 4.31. The highest BCUT2D eigenvalue weighted by atomic mass is 14.3. The topological polar surface area (TPSA) is 0 Å². The van der Waals surface area contributed by atoms with Crippen molar-refractivity contribution in [2.75, 3.05) is 0 Å². The van der Waals surface area contributed by atoms with E-state index in [9.17, 15) is 0 Å². The third-order valence-electron chi connectivity index (χ3n) is 9.45. The lowest BCUT2D eigenvalue weighted by atomic mass is 9.81. The Morgan fingerprint density at radius 3 is 1.27 bits per heavy atom. The molecule has 0 radical (unpaired) electrons. The lowest BCUT2D eigenvalue weighted by molar-refractivity contribution is 0.818. The fraction of sp³-hybridized carbons (Fsp3) is 0.0732. The first kappa shape index (κ1) is 22.8. The van der Waals surface area contributed by atoms with Gasteiger partial charge in [-0.1, -0.05) is 140 Å². The maximum atomic E-state index is 2.52. The first-order valence-corrected chi connectivity index (χ1v) is 14.7. The van der Waals surface area contributed by atoms with Crippen molar-refractivity contribution >= 4 is 70.2 Å². The van der Waals surface area contributed by atoms with Crippen molar-refractivity contribution in [2.45, 2.75) is 18.8 Å². The molecule has 0 aliphatic heterocycles. The number of hydrogen-bond acceptors (Lipinski definition) is 0. The third-order valence-corrected chi connectivity index (χ3v) is 9.45. The number of benzene rings is 8. The Morgan fingerprint density at radius 1 is 0.366 bits per heavy atom. The molecule has 0 heterocycles. The average molecular weight is 521 g/mol. The predicted molar refractivity (Wildman–Crippen MR) is 178 cm³/mol. The van der Waals surface area contributed by atoms with E-state index in [1.807, 2.05) is 0 Å². The second kappa shape index (κ2) is 8.78. The van der Waals surface area contributed by atoms with Crippen molar-refractivity contribution in [3.8, 4) is 0 Å². The normalized spacial score (nSPS) is 15.5. The van der Waals surface area contributed by atoms with Crippen LogP contribution in [0.3, 0.4) is 0 Å². The molecule has 0 heteroatoms. The standard InChI is InChI=1S/C41H28/c1-3-14-30-26(12-1)28-16-5-7-18-34(28)40-36(30)22-10-24-38(40)32-20-9-21-33(32)39-25-11-23-37-31-15-4-2-13-27(31)29-17-6-8-19-35(29)41(37)39/h1-8,10-20,22-25,33H,9,21H2. The number of rotatable bonds is 2. The van der Waals surface area contributed by atoms with Gasteiger partial charge in [-0.3, -0.25) is 0 Å². The fourth-order valence-electron chi connectivity index (χ4n) is 7.79. The number of fused-ring (bicyclic) bond motifs is 12. The van der Waals surface area contributed by atoms with E-state index in [2.05, 4.69) is 140 Å². The molecule has 0 N–H and O–H groups in total. The molecule has 0 saturated carbocycles. The van der Waals surface area contributed by atoms with Crippen LogP contribution >= 0.6 is 0 Å². The fourth-order valence-corrected chi connectivity index (χ4v) is 7.79. The molecule has 0 saturated heterocycles. The average Bonchev–Trinajstić information content (AvgIpc) is 3.54. The molecule has 9 rings (SSSR count). The molecule has 8 aromatic rings. The van der Waals surface area contributed by atoms with Gasteiger partial charge in [-0.05, 0) is 94.2 Å². The second-order valence-corrected chi connectivity index (χ2v) is 11.5. The third kappa shape index (κ3) is 3.22.